The number of hydrogen-bond donors (Lipinski definition) is 1. The zero-order valence-electron chi connectivity index (χ0n) is 17.4. The van der Waals surface area contributed by atoms with Crippen molar-refractivity contribution in [2.75, 3.05) is 12.5 Å². The number of nitrogens with one attached hydrogen (secondary N) is 1. The average Bonchev–Trinajstić information content (AvgIpc) is 3.19. The third-order valence-electron chi connectivity index (χ3n) is 4.64. The van der Waals surface area contributed by atoms with Gasteiger partial charge in [0.15, 0.2) is 11.5 Å². The molecule has 3 aromatic carbocycles. The van der Waals surface area contributed by atoms with Crippen molar-refractivity contribution < 1.29 is 9.47 Å². The van der Waals surface area contributed by atoms with E-state index in [0.717, 1.165) is 32.4 Å². The number of ether oxygens (including phenoxy) is 2. The summed E-state index contributed by atoms with van der Waals surface area (Å²) in [6, 6.07) is 25.9. The number of hydrogen-bond acceptors (Lipinski definition) is 6. The number of aryl methyl sites for hydroxylation is 1. The maximum atomic E-state index is 5.97. The molecule has 0 bridgehead atoms. The topological polar surface area (TPSA) is 55.7 Å². The van der Waals surface area contributed by atoms with E-state index in [2.05, 4.69) is 34.6 Å². The van der Waals surface area contributed by atoms with E-state index in [4.69, 9.17) is 9.47 Å². The number of rotatable bonds is 8. The Bertz CT molecular complexity index is 1160. The zero-order chi connectivity index (χ0) is 21.5. The number of hydrazone groups is 1. The molecular weight excluding hydrogens is 406 g/mol. The first kappa shape index (κ1) is 20.6. The van der Waals surface area contributed by atoms with Crippen LogP contribution in [0.3, 0.4) is 0 Å². The minimum Gasteiger partial charge on any atom is -0.493 e. The molecule has 1 heterocycles. The van der Waals surface area contributed by atoms with Crippen LogP contribution in [0, 0.1) is 6.92 Å². The van der Waals surface area contributed by atoms with Gasteiger partial charge >= 0.3 is 0 Å². The van der Waals surface area contributed by atoms with Crippen molar-refractivity contribution in [3.8, 4) is 22.8 Å². The van der Waals surface area contributed by atoms with Gasteiger partial charge in [0, 0.05) is 10.4 Å². The molecule has 0 saturated heterocycles. The Balaban J connectivity index is 1.44. The standard InChI is InChI=1S/C25H23N3O2S/c1-18-24(21-11-7-4-8-12-21)27-25(31-18)28-26-16-20-13-14-22(29-2)23(15-20)30-17-19-9-5-3-6-10-19/h3-16H,17H2,1-2H3,(H,27,28)/b26-16+. The van der Waals surface area contributed by atoms with Gasteiger partial charge in [-0.3, -0.25) is 5.43 Å². The fourth-order valence-electron chi connectivity index (χ4n) is 3.09. The van der Waals surface area contributed by atoms with Gasteiger partial charge < -0.3 is 9.47 Å². The molecule has 6 heteroatoms. The van der Waals surface area contributed by atoms with Crippen LogP contribution < -0.4 is 14.9 Å². The van der Waals surface area contributed by atoms with E-state index in [1.807, 2.05) is 66.7 Å². The quantitative estimate of drug-likeness (QED) is 0.269. The minimum atomic E-state index is 0.469. The van der Waals surface area contributed by atoms with E-state index in [-0.39, 0.29) is 0 Å². The largest absolute Gasteiger partial charge is 0.493 e. The predicted molar refractivity (Wildman–Crippen MR) is 127 cm³/mol. The van der Waals surface area contributed by atoms with Crippen molar-refractivity contribution in [1.82, 2.24) is 4.98 Å². The molecule has 0 atom stereocenters. The summed E-state index contributed by atoms with van der Waals surface area (Å²) >= 11 is 1.58. The van der Waals surface area contributed by atoms with Gasteiger partial charge in [-0.15, -0.1) is 11.3 Å². The Morgan fingerprint density at radius 2 is 1.71 bits per heavy atom. The second-order valence-corrected chi connectivity index (χ2v) is 8.05. The van der Waals surface area contributed by atoms with Gasteiger partial charge in [0.2, 0.25) is 5.13 Å². The molecule has 0 fully saturated rings. The van der Waals surface area contributed by atoms with Crippen LogP contribution in [0.25, 0.3) is 11.3 Å². The highest BCUT2D eigenvalue weighted by Crippen LogP contribution is 2.30. The van der Waals surface area contributed by atoms with Gasteiger partial charge in [0.1, 0.15) is 6.61 Å². The Morgan fingerprint density at radius 1 is 0.968 bits per heavy atom. The number of anilines is 1. The molecule has 1 N–H and O–H groups in total. The molecule has 0 unspecified atom stereocenters. The third-order valence-corrected chi connectivity index (χ3v) is 5.52. The van der Waals surface area contributed by atoms with Crippen molar-refractivity contribution in [3.63, 3.8) is 0 Å². The van der Waals surface area contributed by atoms with Gasteiger partial charge in [0.25, 0.3) is 0 Å². The van der Waals surface area contributed by atoms with Crippen molar-refractivity contribution in [2.24, 2.45) is 5.10 Å². The van der Waals surface area contributed by atoms with Crippen molar-refractivity contribution in [1.29, 1.82) is 0 Å². The summed E-state index contributed by atoms with van der Waals surface area (Å²) in [7, 11) is 1.63. The second-order valence-electron chi connectivity index (χ2n) is 6.84. The summed E-state index contributed by atoms with van der Waals surface area (Å²) in [6.45, 7) is 2.53. The molecule has 4 aromatic rings. The monoisotopic (exact) mass is 429 g/mol. The van der Waals surface area contributed by atoms with E-state index >= 15 is 0 Å². The lowest BCUT2D eigenvalue weighted by molar-refractivity contribution is 0.284. The molecule has 156 valence electrons. The van der Waals surface area contributed by atoms with Crippen LogP contribution in [0.4, 0.5) is 5.13 Å². The number of benzene rings is 3. The Morgan fingerprint density at radius 3 is 2.45 bits per heavy atom. The smallest absolute Gasteiger partial charge is 0.204 e. The average molecular weight is 430 g/mol. The first-order valence-corrected chi connectivity index (χ1v) is 10.7. The Kier molecular flexibility index (Phi) is 6.59. The highest BCUT2D eigenvalue weighted by molar-refractivity contribution is 7.15. The van der Waals surface area contributed by atoms with E-state index < -0.39 is 0 Å². The molecule has 0 saturated carbocycles. The fourth-order valence-corrected chi connectivity index (χ4v) is 3.88. The Hall–Kier alpha value is -3.64. The van der Waals surface area contributed by atoms with Gasteiger partial charge in [-0.05, 0) is 36.2 Å². The fraction of sp³-hybridized carbons (Fsp3) is 0.120. The molecule has 0 amide bonds. The number of aromatic nitrogens is 1. The molecular formula is C25H23N3O2S. The molecule has 0 aliphatic carbocycles. The number of nitrogens with zero attached hydrogens (tertiary/aromatic N) is 2. The van der Waals surface area contributed by atoms with E-state index in [1.165, 1.54) is 0 Å². The predicted octanol–water partition coefficient (Wildman–Crippen LogP) is 6.15. The first-order valence-electron chi connectivity index (χ1n) is 9.89. The molecule has 31 heavy (non-hydrogen) atoms. The van der Waals surface area contributed by atoms with E-state index in [1.54, 1.807) is 24.7 Å². The Labute approximate surface area is 186 Å². The molecule has 4 rings (SSSR count). The van der Waals surface area contributed by atoms with Gasteiger partial charge in [-0.25, -0.2) is 4.98 Å². The number of thiazole rings is 1. The van der Waals surface area contributed by atoms with Crippen molar-refractivity contribution in [3.05, 3.63) is 94.9 Å². The lowest BCUT2D eigenvalue weighted by atomic mass is 10.1. The van der Waals surface area contributed by atoms with Gasteiger partial charge in [-0.2, -0.15) is 5.10 Å². The van der Waals surface area contributed by atoms with Crippen LogP contribution >= 0.6 is 11.3 Å². The summed E-state index contributed by atoms with van der Waals surface area (Å²) in [5.41, 5.74) is 7.10. The zero-order valence-corrected chi connectivity index (χ0v) is 18.2. The molecule has 0 radical (unpaired) electrons. The summed E-state index contributed by atoms with van der Waals surface area (Å²) in [5, 5.41) is 5.10. The SMILES string of the molecule is COc1ccc(/C=N/Nc2nc(-c3ccccc3)c(C)s2)cc1OCc1ccccc1. The molecule has 1 aromatic heterocycles. The minimum absolute atomic E-state index is 0.469. The van der Waals surface area contributed by atoms with Crippen LogP contribution in [-0.2, 0) is 6.61 Å². The third kappa shape index (κ3) is 5.29. The second kappa shape index (κ2) is 9.91. The summed E-state index contributed by atoms with van der Waals surface area (Å²) < 4.78 is 11.4. The van der Waals surface area contributed by atoms with Crippen LogP contribution in [0.1, 0.15) is 16.0 Å². The summed E-state index contributed by atoms with van der Waals surface area (Å²) in [6.07, 6.45) is 1.74. The van der Waals surface area contributed by atoms with E-state index in [0.29, 0.717) is 18.1 Å². The highest BCUT2D eigenvalue weighted by atomic mass is 32.1. The molecule has 0 aliphatic rings. The van der Waals surface area contributed by atoms with Gasteiger partial charge in [-0.1, -0.05) is 60.7 Å². The summed E-state index contributed by atoms with van der Waals surface area (Å²) in [4.78, 5) is 5.81. The maximum absolute atomic E-state index is 5.97. The van der Waals surface area contributed by atoms with Crippen molar-refractivity contribution in [2.45, 2.75) is 13.5 Å². The van der Waals surface area contributed by atoms with Gasteiger partial charge in [0.05, 0.1) is 19.0 Å². The molecule has 5 nitrogen and oxygen atoms in total. The molecule has 0 spiro atoms. The highest BCUT2D eigenvalue weighted by Gasteiger charge is 2.09. The van der Waals surface area contributed by atoms with Crippen LogP contribution in [0.5, 0.6) is 11.5 Å². The van der Waals surface area contributed by atoms with Crippen LogP contribution in [0.2, 0.25) is 0 Å². The summed E-state index contributed by atoms with van der Waals surface area (Å²) in [5.74, 6) is 1.36. The first-order chi connectivity index (χ1) is 15.2. The molecule has 0 aliphatic heterocycles. The van der Waals surface area contributed by atoms with E-state index in [9.17, 15) is 0 Å². The lowest BCUT2D eigenvalue weighted by Crippen LogP contribution is -1.99. The maximum Gasteiger partial charge on any atom is 0.204 e. The normalized spacial score (nSPS) is 10.9. The van der Waals surface area contributed by atoms with Crippen LogP contribution in [0.15, 0.2) is 84.0 Å². The van der Waals surface area contributed by atoms with Crippen LogP contribution in [-0.4, -0.2) is 18.3 Å². The lowest BCUT2D eigenvalue weighted by Gasteiger charge is -2.11. The van der Waals surface area contributed by atoms with Crippen molar-refractivity contribution >= 4 is 22.7 Å². The number of methoxy groups -OCH3 is 1.